The summed E-state index contributed by atoms with van der Waals surface area (Å²) in [6.45, 7) is 1.85. The van der Waals surface area contributed by atoms with Crippen LogP contribution in [0.3, 0.4) is 0 Å². The lowest BCUT2D eigenvalue weighted by molar-refractivity contribution is 0.412. The molecule has 0 spiro atoms. The third kappa shape index (κ3) is 1.83. The Balaban J connectivity index is 2.72. The molecule has 2 rings (SSSR count). The van der Waals surface area contributed by atoms with E-state index in [1.54, 1.807) is 29.9 Å². The molecule has 6 heteroatoms. The van der Waals surface area contributed by atoms with Crippen LogP contribution in [-0.4, -0.2) is 21.9 Å². The first kappa shape index (κ1) is 11.2. The second-order valence-electron chi connectivity index (χ2n) is 3.23. The van der Waals surface area contributed by atoms with Crippen molar-refractivity contribution in [3.8, 4) is 11.4 Å². The summed E-state index contributed by atoms with van der Waals surface area (Å²) in [4.78, 5) is 0. The van der Waals surface area contributed by atoms with E-state index in [-0.39, 0.29) is 0 Å². The van der Waals surface area contributed by atoms with Crippen LogP contribution in [0.5, 0.6) is 5.75 Å². The van der Waals surface area contributed by atoms with Gasteiger partial charge in [-0.3, -0.25) is 9.67 Å². The van der Waals surface area contributed by atoms with Crippen LogP contribution in [-0.2, 0) is 0 Å². The number of benzene rings is 1. The summed E-state index contributed by atoms with van der Waals surface area (Å²) in [5, 5.41) is 7.39. The summed E-state index contributed by atoms with van der Waals surface area (Å²) in [7, 11) is 1.60. The minimum absolute atomic E-state index is 0.512. The molecule has 0 bridgehead atoms. The molecule has 0 saturated carbocycles. The third-order valence-electron chi connectivity index (χ3n) is 2.22. The molecule has 16 heavy (non-hydrogen) atoms. The van der Waals surface area contributed by atoms with Crippen molar-refractivity contribution < 1.29 is 4.74 Å². The fourth-order valence-electron chi connectivity index (χ4n) is 1.50. The van der Waals surface area contributed by atoms with Crippen molar-refractivity contribution in [2.45, 2.75) is 6.92 Å². The lowest BCUT2D eigenvalue weighted by Gasteiger charge is -2.10. The Bertz CT molecular complexity index is 576. The number of hydrogen-bond donors (Lipinski definition) is 1. The average molecular weight is 256 g/mol. The van der Waals surface area contributed by atoms with Gasteiger partial charge in [0.15, 0.2) is 4.77 Å². The minimum atomic E-state index is 0.512. The van der Waals surface area contributed by atoms with E-state index in [2.05, 4.69) is 10.2 Å². The summed E-state index contributed by atoms with van der Waals surface area (Å²) in [6, 6.07) is 5.35. The van der Waals surface area contributed by atoms with Crippen molar-refractivity contribution in [3.63, 3.8) is 0 Å². The number of H-pyrrole nitrogens is 1. The molecular formula is C10H10ClN3OS. The van der Waals surface area contributed by atoms with Crippen molar-refractivity contribution >= 4 is 23.8 Å². The van der Waals surface area contributed by atoms with Gasteiger partial charge in [-0.05, 0) is 37.3 Å². The summed E-state index contributed by atoms with van der Waals surface area (Å²) >= 11 is 11.1. The van der Waals surface area contributed by atoms with Gasteiger partial charge in [0.1, 0.15) is 11.6 Å². The Morgan fingerprint density at radius 3 is 2.81 bits per heavy atom. The Kier molecular flexibility index (Phi) is 2.98. The normalized spacial score (nSPS) is 10.4. The maximum Gasteiger partial charge on any atom is 0.199 e. The number of nitrogens with one attached hydrogen (secondary N) is 1. The van der Waals surface area contributed by atoms with E-state index in [4.69, 9.17) is 28.6 Å². The van der Waals surface area contributed by atoms with Gasteiger partial charge in [-0.1, -0.05) is 11.6 Å². The third-order valence-corrected chi connectivity index (χ3v) is 2.73. The number of aromatic amines is 1. The van der Waals surface area contributed by atoms with E-state index in [1.807, 2.05) is 6.92 Å². The molecule has 0 unspecified atom stereocenters. The first-order chi connectivity index (χ1) is 7.63. The van der Waals surface area contributed by atoms with E-state index in [9.17, 15) is 0 Å². The molecule has 1 N–H and O–H groups in total. The van der Waals surface area contributed by atoms with Crippen LogP contribution >= 0.6 is 23.8 Å². The topological polar surface area (TPSA) is 42.8 Å². The van der Waals surface area contributed by atoms with E-state index >= 15 is 0 Å². The van der Waals surface area contributed by atoms with Gasteiger partial charge in [-0.15, -0.1) is 0 Å². The van der Waals surface area contributed by atoms with Crippen LogP contribution in [0.2, 0.25) is 5.02 Å². The zero-order chi connectivity index (χ0) is 11.7. The Morgan fingerprint density at radius 1 is 1.50 bits per heavy atom. The second-order valence-corrected chi connectivity index (χ2v) is 4.05. The predicted octanol–water partition coefficient (Wildman–Crippen LogP) is 2.90. The number of ether oxygens (including phenoxy) is 1. The predicted molar refractivity (Wildman–Crippen MR) is 65.0 cm³/mol. The van der Waals surface area contributed by atoms with Gasteiger partial charge < -0.3 is 4.74 Å². The molecule has 0 fully saturated rings. The highest BCUT2D eigenvalue weighted by Crippen LogP contribution is 2.27. The van der Waals surface area contributed by atoms with Gasteiger partial charge in [0.2, 0.25) is 0 Å². The number of aryl methyl sites for hydroxylation is 1. The fraction of sp³-hybridized carbons (Fsp3) is 0.200. The van der Waals surface area contributed by atoms with E-state index in [0.29, 0.717) is 15.5 Å². The molecule has 4 nitrogen and oxygen atoms in total. The average Bonchev–Trinajstić information content (AvgIpc) is 2.58. The number of rotatable bonds is 2. The highest BCUT2D eigenvalue weighted by Gasteiger charge is 2.10. The Hall–Kier alpha value is -1.33. The standard InChI is InChI=1S/C10H10ClN3OS/c1-6-12-13-10(16)14(6)8-5-7(11)3-4-9(8)15-2/h3-5H,1-2H3,(H,13,16). The van der Waals surface area contributed by atoms with Crippen LogP contribution in [0.25, 0.3) is 5.69 Å². The smallest absolute Gasteiger partial charge is 0.199 e. The van der Waals surface area contributed by atoms with Crippen LogP contribution in [0.1, 0.15) is 5.82 Å². The lowest BCUT2D eigenvalue weighted by atomic mass is 10.3. The number of hydrogen-bond acceptors (Lipinski definition) is 3. The van der Waals surface area contributed by atoms with E-state index in [1.165, 1.54) is 0 Å². The monoisotopic (exact) mass is 255 g/mol. The zero-order valence-corrected chi connectivity index (χ0v) is 10.4. The van der Waals surface area contributed by atoms with Gasteiger partial charge in [-0.2, -0.15) is 5.10 Å². The maximum absolute atomic E-state index is 5.96. The maximum atomic E-state index is 5.96. The number of nitrogens with zero attached hydrogens (tertiary/aromatic N) is 2. The van der Waals surface area contributed by atoms with Gasteiger partial charge in [0, 0.05) is 5.02 Å². The quantitative estimate of drug-likeness (QED) is 0.839. The van der Waals surface area contributed by atoms with Gasteiger partial charge >= 0.3 is 0 Å². The Labute approximate surface area is 103 Å². The molecule has 0 aliphatic carbocycles. The molecule has 0 radical (unpaired) electrons. The molecule has 84 valence electrons. The largest absolute Gasteiger partial charge is 0.495 e. The van der Waals surface area contributed by atoms with Crippen molar-refractivity contribution in [1.82, 2.24) is 14.8 Å². The SMILES string of the molecule is COc1ccc(Cl)cc1-n1c(C)n[nH]c1=S. The molecule has 0 aliphatic rings. The van der Waals surface area contributed by atoms with Crippen LogP contribution < -0.4 is 4.74 Å². The van der Waals surface area contributed by atoms with Crippen LogP contribution in [0, 0.1) is 11.7 Å². The van der Waals surface area contributed by atoms with Crippen LogP contribution in [0.4, 0.5) is 0 Å². The van der Waals surface area contributed by atoms with Crippen molar-refractivity contribution in [3.05, 3.63) is 33.8 Å². The first-order valence-electron chi connectivity index (χ1n) is 4.61. The van der Waals surface area contributed by atoms with E-state index in [0.717, 1.165) is 11.5 Å². The number of methoxy groups -OCH3 is 1. The van der Waals surface area contributed by atoms with E-state index < -0.39 is 0 Å². The fourth-order valence-corrected chi connectivity index (χ4v) is 1.94. The van der Waals surface area contributed by atoms with Crippen LogP contribution in [0.15, 0.2) is 18.2 Å². The van der Waals surface area contributed by atoms with Gasteiger partial charge in [0.25, 0.3) is 0 Å². The van der Waals surface area contributed by atoms with Gasteiger partial charge in [-0.25, -0.2) is 0 Å². The van der Waals surface area contributed by atoms with Gasteiger partial charge in [0.05, 0.1) is 12.8 Å². The molecule has 0 atom stereocenters. The van der Waals surface area contributed by atoms with Crippen molar-refractivity contribution in [1.29, 1.82) is 0 Å². The molecule has 1 aromatic carbocycles. The molecule has 0 aliphatic heterocycles. The zero-order valence-electron chi connectivity index (χ0n) is 8.82. The molecule has 2 aromatic rings. The summed E-state index contributed by atoms with van der Waals surface area (Å²) < 4.78 is 7.56. The second kappa shape index (κ2) is 4.27. The summed E-state index contributed by atoms with van der Waals surface area (Å²) in [5.74, 6) is 1.45. The minimum Gasteiger partial charge on any atom is -0.495 e. The van der Waals surface area contributed by atoms with Crippen molar-refractivity contribution in [2.24, 2.45) is 0 Å². The number of aromatic nitrogens is 3. The Morgan fingerprint density at radius 2 is 2.25 bits per heavy atom. The van der Waals surface area contributed by atoms with Crippen molar-refractivity contribution in [2.75, 3.05) is 7.11 Å². The highest BCUT2D eigenvalue weighted by atomic mass is 35.5. The highest BCUT2D eigenvalue weighted by molar-refractivity contribution is 7.71. The molecule has 0 saturated heterocycles. The molecule has 0 amide bonds. The summed E-state index contributed by atoms with van der Waals surface area (Å²) in [5.41, 5.74) is 0.784. The first-order valence-corrected chi connectivity index (χ1v) is 5.40. The molecule has 1 heterocycles. The molecule has 1 aromatic heterocycles. The lowest BCUT2D eigenvalue weighted by Crippen LogP contribution is -2.00. The molecular weight excluding hydrogens is 246 g/mol. The number of halogens is 1. The summed E-state index contributed by atoms with van der Waals surface area (Å²) in [6.07, 6.45) is 0.